The van der Waals surface area contributed by atoms with Crippen LogP contribution >= 0.6 is 0 Å². The molecule has 1 heterocycles. The molecule has 2 unspecified atom stereocenters. The molecule has 4 heteroatoms. The van der Waals surface area contributed by atoms with E-state index >= 15 is 0 Å². The lowest BCUT2D eigenvalue weighted by Crippen LogP contribution is -2.40. The molecule has 0 aromatic heterocycles. The third-order valence-electron chi connectivity index (χ3n) is 3.69. The summed E-state index contributed by atoms with van der Waals surface area (Å²) in [6.45, 7) is 5.87. The molecule has 0 spiro atoms. The van der Waals surface area contributed by atoms with Gasteiger partial charge in [0.05, 0.1) is 6.42 Å². The molecule has 0 radical (unpaired) electrons. The SMILES string of the molecule is CCC(C)N1C(=O)CC(Nc2ccccc2C)C1=O. The number of hydrogen-bond donors (Lipinski definition) is 1. The van der Waals surface area contributed by atoms with Crippen LogP contribution in [0.15, 0.2) is 24.3 Å². The maximum atomic E-state index is 12.3. The van der Waals surface area contributed by atoms with Gasteiger partial charge in [-0.05, 0) is 31.9 Å². The molecule has 2 amide bonds. The Balaban J connectivity index is 2.14. The number of likely N-dealkylation sites (tertiary alicyclic amines) is 1. The molecule has 2 rings (SSSR count). The van der Waals surface area contributed by atoms with Crippen molar-refractivity contribution < 1.29 is 9.59 Å². The summed E-state index contributed by atoms with van der Waals surface area (Å²) in [5.41, 5.74) is 1.99. The van der Waals surface area contributed by atoms with Gasteiger partial charge in [0.15, 0.2) is 0 Å². The molecule has 1 N–H and O–H groups in total. The van der Waals surface area contributed by atoms with Gasteiger partial charge < -0.3 is 5.32 Å². The molecule has 102 valence electrons. The van der Waals surface area contributed by atoms with Gasteiger partial charge in [-0.3, -0.25) is 14.5 Å². The highest BCUT2D eigenvalue weighted by Gasteiger charge is 2.40. The molecule has 1 aromatic carbocycles. The number of amides is 2. The van der Waals surface area contributed by atoms with Gasteiger partial charge in [-0.25, -0.2) is 0 Å². The van der Waals surface area contributed by atoms with Gasteiger partial charge in [0.2, 0.25) is 5.91 Å². The molecule has 1 saturated heterocycles. The fourth-order valence-electron chi connectivity index (χ4n) is 2.33. The number of anilines is 1. The van der Waals surface area contributed by atoms with Crippen LogP contribution in [0.3, 0.4) is 0 Å². The van der Waals surface area contributed by atoms with Crippen LogP contribution in [0.2, 0.25) is 0 Å². The Bertz CT molecular complexity index is 499. The largest absolute Gasteiger partial charge is 0.373 e. The van der Waals surface area contributed by atoms with Crippen molar-refractivity contribution in [3.63, 3.8) is 0 Å². The van der Waals surface area contributed by atoms with E-state index in [9.17, 15) is 9.59 Å². The smallest absolute Gasteiger partial charge is 0.252 e. The molecule has 0 saturated carbocycles. The third-order valence-corrected chi connectivity index (χ3v) is 3.69. The quantitative estimate of drug-likeness (QED) is 0.845. The zero-order valence-corrected chi connectivity index (χ0v) is 11.6. The fourth-order valence-corrected chi connectivity index (χ4v) is 2.33. The highest BCUT2D eigenvalue weighted by Crippen LogP contribution is 2.23. The van der Waals surface area contributed by atoms with Crippen LogP contribution < -0.4 is 5.32 Å². The molecule has 0 bridgehead atoms. The summed E-state index contributed by atoms with van der Waals surface area (Å²) in [6.07, 6.45) is 1.03. The number of para-hydroxylation sites is 1. The number of aryl methyl sites for hydroxylation is 1. The lowest BCUT2D eigenvalue weighted by Gasteiger charge is -2.22. The summed E-state index contributed by atoms with van der Waals surface area (Å²) in [4.78, 5) is 25.6. The first-order valence-corrected chi connectivity index (χ1v) is 6.72. The Morgan fingerprint density at radius 2 is 2.05 bits per heavy atom. The van der Waals surface area contributed by atoms with Gasteiger partial charge in [0, 0.05) is 11.7 Å². The Kier molecular flexibility index (Phi) is 3.88. The van der Waals surface area contributed by atoms with Gasteiger partial charge in [0.1, 0.15) is 6.04 Å². The highest BCUT2D eigenvalue weighted by atomic mass is 16.2. The Hall–Kier alpha value is -1.84. The van der Waals surface area contributed by atoms with Gasteiger partial charge in [0.25, 0.3) is 5.91 Å². The van der Waals surface area contributed by atoms with Crippen LogP contribution in [0, 0.1) is 6.92 Å². The van der Waals surface area contributed by atoms with Crippen LogP contribution in [-0.4, -0.2) is 28.8 Å². The first-order valence-electron chi connectivity index (χ1n) is 6.72. The molecule has 2 atom stereocenters. The van der Waals surface area contributed by atoms with Crippen LogP contribution in [0.1, 0.15) is 32.3 Å². The number of nitrogens with one attached hydrogen (secondary N) is 1. The van der Waals surface area contributed by atoms with Crippen molar-refractivity contribution in [2.24, 2.45) is 0 Å². The van der Waals surface area contributed by atoms with Crippen LogP contribution in [-0.2, 0) is 9.59 Å². The predicted octanol–water partition coefficient (Wildman–Crippen LogP) is 2.33. The first-order chi connectivity index (χ1) is 9.04. The van der Waals surface area contributed by atoms with E-state index in [0.29, 0.717) is 0 Å². The predicted molar refractivity (Wildman–Crippen MR) is 74.8 cm³/mol. The van der Waals surface area contributed by atoms with E-state index in [0.717, 1.165) is 17.7 Å². The van der Waals surface area contributed by atoms with Crippen molar-refractivity contribution in [1.29, 1.82) is 0 Å². The Morgan fingerprint density at radius 1 is 1.37 bits per heavy atom. The minimum absolute atomic E-state index is 0.0244. The van der Waals surface area contributed by atoms with Gasteiger partial charge >= 0.3 is 0 Å². The fraction of sp³-hybridized carbons (Fsp3) is 0.467. The van der Waals surface area contributed by atoms with Gasteiger partial charge in [-0.2, -0.15) is 0 Å². The third kappa shape index (κ3) is 2.62. The molecule has 1 fully saturated rings. The number of carbonyl (C=O) groups excluding carboxylic acids is 2. The van der Waals surface area contributed by atoms with Crippen molar-refractivity contribution in [3.05, 3.63) is 29.8 Å². The maximum Gasteiger partial charge on any atom is 0.252 e. The standard InChI is InChI=1S/C15H20N2O2/c1-4-11(3)17-14(18)9-13(15(17)19)16-12-8-6-5-7-10(12)2/h5-8,11,13,16H,4,9H2,1-3H3. The average Bonchev–Trinajstić information content (AvgIpc) is 2.66. The number of hydrogen-bond acceptors (Lipinski definition) is 3. The van der Waals surface area contributed by atoms with Gasteiger partial charge in [-0.1, -0.05) is 25.1 Å². The second kappa shape index (κ2) is 5.43. The number of benzene rings is 1. The molecule has 1 aliphatic heterocycles. The average molecular weight is 260 g/mol. The van der Waals surface area contributed by atoms with Crippen LogP contribution in [0.4, 0.5) is 5.69 Å². The Labute approximate surface area is 113 Å². The monoisotopic (exact) mass is 260 g/mol. The lowest BCUT2D eigenvalue weighted by molar-refractivity contribution is -0.140. The molecule has 19 heavy (non-hydrogen) atoms. The van der Waals surface area contributed by atoms with E-state index in [2.05, 4.69) is 5.32 Å². The molecule has 1 aromatic rings. The van der Waals surface area contributed by atoms with E-state index in [-0.39, 0.29) is 24.3 Å². The first kappa shape index (κ1) is 13.6. The zero-order chi connectivity index (χ0) is 14.0. The van der Waals surface area contributed by atoms with Crippen molar-refractivity contribution >= 4 is 17.5 Å². The number of imide groups is 1. The van der Waals surface area contributed by atoms with E-state index in [1.165, 1.54) is 4.90 Å². The molecule has 4 nitrogen and oxygen atoms in total. The zero-order valence-electron chi connectivity index (χ0n) is 11.6. The summed E-state index contributed by atoms with van der Waals surface area (Å²) in [7, 11) is 0. The van der Waals surface area contributed by atoms with Crippen LogP contribution in [0.5, 0.6) is 0 Å². The molecule has 1 aliphatic rings. The van der Waals surface area contributed by atoms with E-state index in [1.807, 2.05) is 45.0 Å². The Morgan fingerprint density at radius 3 is 2.68 bits per heavy atom. The lowest BCUT2D eigenvalue weighted by atomic mass is 10.1. The van der Waals surface area contributed by atoms with Crippen molar-refractivity contribution in [1.82, 2.24) is 4.90 Å². The van der Waals surface area contributed by atoms with Crippen LogP contribution in [0.25, 0.3) is 0 Å². The van der Waals surface area contributed by atoms with Gasteiger partial charge in [-0.15, -0.1) is 0 Å². The number of carbonyl (C=O) groups is 2. The number of rotatable bonds is 4. The van der Waals surface area contributed by atoms with Crippen molar-refractivity contribution in [3.8, 4) is 0 Å². The van der Waals surface area contributed by atoms with E-state index in [1.54, 1.807) is 0 Å². The molecular weight excluding hydrogens is 240 g/mol. The summed E-state index contributed by atoms with van der Waals surface area (Å²) >= 11 is 0. The second-order valence-electron chi connectivity index (χ2n) is 5.08. The normalized spacial score (nSPS) is 20.8. The number of nitrogens with zero attached hydrogens (tertiary/aromatic N) is 1. The molecule has 0 aliphatic carbocycles. The second-order valence-corrected chi connectivity index (χ2v) is 5.08. The summed E-state index contributed by atoms with van der Waals surface area (Å²) in [5.74, 6) is -0.187. The highest BCUT2D eigenvalue weighted by molar-refractivity contribution is 6.07. The molecular formula is C15H20N2O2. The summed E-state index contributed by atoms with van der Waals surface area (Å²) in [6, 6.07) is 7.33. The topological polar surface area (TPSA) is 49.4 Å². The maximum absolute atomic E-state index is 12.3. The minimum atomic E-state index is -0.428. The summed E-state index contributed by atoms with van der Waals surface area (Å²) in [5, 5.41) is 3.19. The van der Waals surface area contributed by atoms with E-state index in [4.69, 9.17) is 0 Å². The van der Waals surface area contributed by atoms with E-state index < -0.39 is 6.04 Å². The summed E-state index contributed by atoms with van der Waals surface area (Å²) < 4.78 is 0. The van der Waals surface area contributed by atoms with Crippen molar-refractivity contribution in [2.45, 2.75) is 45.7 Å². The minimum Gasteiger partial charge on any atom is -0.373 e. The van der Waals surface area contributed by atoms with Crippen molar-refractivity contribution in [2.75, 3.05) is 5.32 Å².